The maximum absolute atomic E-state index is 12.7. The molecular weight excluding hydrogens is 435 g/mol. The van der Waals surface area contributed by atoms with E-state index in [4.69, 9.17) is 44.3 Å². The molecule has 0 aliphatic carbocycles. The summed E-state index contributed by atoms with van der Waals surface area (Å²) in [6.07, 6.45) is 0.604. The van der Waals surface area contributed by atoms with Crippen LogP contribution in [0.2, 0.25) is 14.4 Å². The number of carbonyl (C=O) groups is 2. The maximum atomic E-state index is 12.7. The Morgan fingerprint density at radius 1 is 1.30 bits per heavy atom. The van der Waals surface area contributed by atoms with Crippen molar-refractivity contribution in [1.82, 2.24) is 9.69 Å². The van der Waals surface area contributed by atoms with E-state index in [0.717, 1.165) is 24.4 Å². The lowest BCUT2D eigenvalue weighted by atomic mass is 10.1. The molecule has 3 rings (SSSR count). The van der Waals surface area contributed by atoms with Crippen molar-refractivity contribution in [2.45, 2.75) is 25.0 Å². The van der Waals surface area contributed by atoms with Crippen molar-refractivity contribution in [2.75, 3.05) is 13.2 Å². The van der Waals surface area contributed by atoms with Gasteiger partial charge in [0.15, 0.2) is 5.69 Å². The topological polar surface area (TPSA) is 77.5 Å². The van der Waals surface area contributed by atoms with Gasteiger partial charge in [-0.1, -0.05) is 46.9 Å². The molecule has 1 fully saturated rings. The number of nitrogens with zero attached hydrogens (tertiary/aromatic N) is 1. The highest BCUT2D eigenvalue weighted by atomic mass is 35.5. The molecule has 1 aromatic carbocycles. The minimum Gasteiger partial charge on any atom is -0.442 e. The maximum Gasteiger partial charge on any atom is 0.360 e. The van der Waals surface area contributed by atoms with Crippen LogP contribution < -0.4 is 5.32 Å². The zero-order valence-corrected chi connectivity index (χ0v) is 17.0. The fourth-order valence-electron chi connectivity index (χ4n) is 2.57. The molecule has 2 atom stereocenters. The van der Waals surface area contributed by atoms with Gasteiger partial charge in [0, 0.05) is 23.7 Å². The first-order chi connectivity index (χ1) is 13.0. The number of hydrogen-bond acceptors (Lipinski definition) is 6. The Balaban J connectivity index is 1.76. The van der Waals surface area contributed by atoms with Gasteiger partial charge in [0.05, 0.1) is 6.10 Å². The Labute approximate surface area is 174 Å². The van der Waals surface area contributed by atoms with Crippen molar-refractivity contribution in [3.05, 3.63) is 49.9 Å². The number of nitrogens with one attached hydrogen (secondary N) is 1. The van der Waals surface area contributed by atoms with Crippen LogP contribution in [0.25, 0.3) is 0 Å². The quantitative estimate of drug-likeness (QED) is 0.665. The molecule has 1 N–H and O–H groups in total. The summed E-state index contributed by atoms with van der Waals surface area (Å²) in [5.41, 5.74) is 0.340. The third kappa shape index (κ3) is 5.12. The van der Waals surface area contributed by atoms with Gasteiger partial charge >= 0.3 is 5.97 Å². The summed E-state index contributed by atoms with van der Waals surface area (Å²) in [6, 6.07) is 6.44. The smallest absolute Gasteiger partial charge is 0.360 e. The van der Waals surface area contributed by atoms with Gasteiger partial charge < -0.3 is 14.8 Å². The van der Waals surface area contributed by atoms with Gasteiger partial charge in [-0.15, -0.1) is 0 Å². The molecule has 0 radical (unpaired) electrons. The fraction of sp³-hybridized carbons (Fsp3) is 0.353. The second-order valence-corrected chi connectivity index (χ2v) is 8.03. The van der Waals surface area contributed by atoms with Gasteiger partial charge in [-0.2, -0.15) is 4.37 Å². The van der Waals surface area contributed by atoms with E-state index < -0.39 is 18.0 Å². The first-order valence-electron chi connectivity index (χ1n) is 8.12. The molecule has 10 heteroatoms. The second-order valence-electron chi connectivity index (χ2n) is 5.84. The number of benzene rings is 1. The third-order valence-electron chi connectivity index (χ3n) is 3.95. The highest BCUT2D eigenvalue weighted by Crippen LogP contribution is 2.31. The van der Waals surface area contributed by atoms with E-state index in [1.807, 2.05) is 0 Å². The summed E-state index contributed by atoms with van der Waals surface area (Å²) in [7, 11) is 0. The monoisotopic (exact) mass is 448 g/mol. The van der Waals surface area contributed by atoms with Crippen LogP contribution in [0.3, 0.4) is 0 Å². The molecule has 144 valence electrons. The van der Waals surface area contributed by atoms with Crippen molar-refractivity contribution < 1.29 is 19.1 Å². The highest BCUT2D eigenvalue weighted by molar-refractivity contribution is 7.11. The molecular formula is C17H15Cl3N2O4S. The molecule has 1 saturated heterocycles. The summed E-state index contributed by atoms with van der Waals surface area (Å²) >= 11 is 18.6. The highest BCUT2D eigenvalue weighted by Gasteiger charge is 2.29. The van der Waals surface area contributed by atoms with Crippen molar-refractivity contribution in [3.63, 3.8) is 0 Å². The van der Waals surface area contributed by atoms with Crippen LogP contribution in [0, 0.1) is 0 Å². The van der Waals surface area contributed by atoms with Gasteiger partial charge in [0.25, 0.3) is 5.91 Å². The third-order valence-corrected chi connectivity index (χ3v) is 5.82. The largest absolute Gasteiger partial charge is 0.442 e. The molecule has 2 aromatic rings. The average Bonchev–Trinajstić information content (AvgIpc) is 3.29. The average molecular weight is 450 g/mol. The van der Waals surface area contributed by atoms with E-state index in [1.54, 1.807) is 24.3 Å². The van der Waals surface area contributed by atoms with E-state index in [2.05, 4.69) is 9.69 Å². The lowest BCUT2D eigenvalue weighted by Gasteiger charge is -2.19. The van der Waals surface area contributed by atoms with E-state index in [-0.39, 0.29) is 21.2 Å². The predicted molar refractivity (Wildman–Crippen MR) is 104 cm³/mol. The van der Waals surface area contributed by atoms with Crippen LogP contribution in [0.15, 0.2) is 24.3 Å². The molecule has 6 nitrogen and oxygen atoms in total. The number of ether oxygens (including phenoxy) is 2. The normalized spacial score (nSPS) is 17.5. The first-order valence-corrected chi connectivity index (χ1v) is 10.0. The second kappa shape index (κ2) is 9.21. The molecule has 0 unspecified atom stereocenters. The summed E-state index contributed by atoms with van der Waals surface area (Å²) in [5.74, 6) is -1.31. The molecule has 2 heterocycles. The van der Waals surface area contributed by atoms with Gasteiger partial charge in [-0.3, -0.25) is 4.79 Å². The summed E-state index contributed by atoms with van der Waals surface area (Å²) in [6.45, 7) is 1.02. The molecule has 1 aromatic heterocycles. The zero-order chi connectivity index (χ0) is 19.4. The van der Waals surface area contributed by atoms with Crippen molar-refractivity contribution >= 4 is 58.2 Å². The lowest BCUT2D eigenvalue weighted by Crippen LogP contribution is -2.37. The van der Waals surface area contributed by atoms with Crippen LogP contribution in [0.5, 0.6) is 0 Å². The van der Waals surface area contributed by atoms with Crippen molar-refractivity contribution in [3.8, 4) is 0 Å². The number of carbonyl (C=O) groups excluding carboxylic acids is 2. The minimum atomic E-state index is -1.19. The Morgan fingerprint density at radius 3 is 2.63 bits per heavy atom. The standard InChI is InChI=1S/C17H15Cl3N2O4S/c18-10-5-3-9(4-6-10)14(16(23)21-8-11-2-1-7-25-11)26-17(24)13-12(19)15(20)27-22-13/h3-6,11,14H,1-2,7-8H2,(H,21,23)/t11-,14-/m0/s1. The molecule has 1 aliphatic heterocycles. The fourth-order valence-corrected chi connectivity index (χ4v) is 3.68. The van der Waals surface area contributed by atoms with Gasteiger partial charge in [0.1, 0.15) is 9.36 Å². The molecule has 0 bridgehead atoms. The van der Waals surface area contributed by atoms with Crippen LogP contribution >= 0.6 is 46.3 Å². The number of amides is 1. The SMILES string of the molecule is O=C(O[C@H](C(=O)NC[C@@H]1CCCO1)c1ccc(Cl)cc1)c1nsc(Cl)c1Cl. The van der Waals surface area contributed by atoms with Crippen LogP contribution in [0.4, 0.5) is 0 Å². The summed E-state index contributed by atoms with van der Waals surface area (Å²) < 4.78 is 14.9. The van der Waals surface area contributed by atoms with Crippen LogP contribution in [-0.2, 0) is 14.3 Å². The molecule has 27 heavy (non-hydrogen) atoms. The summed E-state index contributed by atoms with van der Waals surface area (Å²) in [4.78, 5) is 25.1. The van der Waals surface area contributed by atoms with E-state index >= 15 is 0 Å². The van der Waals surface area contributed by atoms with Gasteiger partial charge in [-0.05, 0) is 36.5 Å². The Bertz CT molecular complexity index is 822. The Kier molecular flexibility index (Phi) is 6.94. The molecule has 1 aliphatic rings. The minimum absolute atomic E-state index is 0.00119. The van der Waals surface area contributed by atoms with Gasteiger partial charge in [-0.25, -0.2) is 4.79 Å². The van der Waals surface area contributed by atoms with E-state index in [0.29, 0.717) is 23.7 Å². The lowest BCUT2D eigenvalue weighted by molar-refractivity contribution is -0.130. The Morgan fingerprint density at radius 2 is 2.04 bits per heavy atom. The van der Waals surface area contributed by atoms with Crippen molar-refractivity contribution in [1.29, 1.82) is 0 Å². The molecule has 0 saturated carbocycles. The zero-order valence-electron chi connectivity index (χ0n) is 13.9. The number of esters is 1. The summed E-state index contributed by atoms with van der Waals surface area (Å²) in [5, 5.41) is 3.26. The van der Waals surface area contributed by atoms with Crippen LogP contribution in [0.1, 0.15) is 35.0 Å². The Hall–Kier alpha value is -1.38. The number of rotatable bonds is 6. The van der Waals surface area contributed by atoms with Crippen molar-refractivity contribution in [2.24, 2.45) is 0 Å². The predicted octanol–water partition coefficient (Wildman–Crippen LogP) is 4.30. The first kappa shape index (κ1) is 20.4. The van der Waals surface area contributed by atoms with Gasteiger partial charge in [0.2, 0.25) is 6.10 Å². The van der Waals surface area contributed by atoms with E-state index in [1.165, 1.54) is 0 Å². The number of hydrogen-bond donors (Lipinski definition) is 1. The van der Waals surface area contributed by atoms with E-state index in [9.17, 15) is 9.59 Å². The number of aromatic nitrogens is 1. The number of halogens is 3. The van der Waals surface area contributed by atoms with Crippen LogP contribution in [-0.4, -0.2) is 35.5 Å². The molecule has 1 amide bonds. The molecule has 0 spiro atoms.